The van der Waals surface area contributed by atoms with Gasteiger partial charge >= 0.3 is 0 Å². The molecule has 1 aromatic rings. The molecule has 1 aromatic carbocycles. The van der Waals surface area contributed by atoms with Crippen LogP contribution in [-0.2, 0) is 0 Å². The van der Waals surface area contributed by atoms with E-state index in [0.717, 1.165) is 12.6 Å². The summed E-state index contributed by atoms with van der Waals surface area (Å²) in [5.74, 6) is 0.491. The molecule has 1 aliphatic carbocycles. The van der Waals surface area contributed by atoms with Crippen molar-refractivity contribution in [3.8, 4) is 0 Å². The van der Waals surface area contributed by atoms with Gasteiger partial charge in [-0.3, -0.25) is 0 Å². The van der Waals surface area contributed by atoms with Gasteiger partial charge in [0.15, 0.2) is 0 Å². The Bertz CT molecular complexity index is 368. The Balaban J connectivity index is 1.88. The maximum absolute atomic E-state index is 6.42. The molecule has 0 saturated heterocycles. The first-order valence-corrected chi connectivity index (χ1v) is 8.19. The van der Waals surface area contributed by atoms with Gasteiger partial charge < -0.3 is 10.6 Å². The molecule has 20 heavy (non-hydrogen) atoms. The highest BCUT2D eigenvalue weighted by molar-refractivity contribution is 5.19. The van der Waals surface area contributed by atoms with Crippen LogP contribution in [-0.4, -0.2) is 24.5 Å². The fraction of sp³-hybridized carbons (Fsp3) is 0.667. The second kappa shape index (κ2) is 7.80. The Kier molecular flexibility index (Phi) is 6.06. The van der Waals surface area contributed by atoms with E-state index in [-0.39, 0.29) is 6.04 Å². The normalized spacial score (nSPS) is 20.6. The third-order valence-corrected chi connectivity index (χ3v) is 4.82. The highest BCUT2D eigenvalue weighted by Gasteiger charge is 2.21. The van der Waals surface area contributed by atoms with E-state index in [1.165, 1.54) is 44.1 Å². The van der Waals surface area contributed by atoms with Gasteiger partial charge in [-0.2, -0.15) is 0 Å². The fourth-order valence-corrected chi connectivity index (χ4v) is 3.42. The summed E-state index contributed by atoms with van der Waals surface area (Å²) < 4.78 is 0. The van der Waals surface area contributed by atoms with Crippen LogP contribution in [0.25, 0.3) is 0 Å². The molecule has 1 fully saturated rings. The van der Waals surface area contributed by atoms with E-state index in [1.54, 1.807) is 0 Å². The van der Waals surface area contributed by atoms with Gasteiger partial charge in [-0.25, -0.2) is 0 Å². The molecule has 112 valence electrons. The van der Waals surface area contributed by atoms with Gasteiger partial charge in [0.05, 0.1) is 0 Å². The average Bonchev–Trinajstić information content (AvgIpc) is 2.76. The summed E-state index contributed by atoms with van der Waals surface area (Å²) in [4.78, 5) is 2.55. The fourth-order valence-electron chi connectivity index (χ4n) is 3.42. The Morgan fingerprint density at radius 2 is 1.70 bits per heavy atom. The largest absolute Gasteiger partial charge is 0.324 e. The maximum atomic E-state index is 6.42. The van der Waals surface area contributed by atoms with Crippen molar-refractivity contribution in [2.75, 3.05) is 13.6 Å². The first-order valence-electron chi connectivity index (χ1n) is 8.19. The van der Waals surface area contributed by atoms with Crippen molar-refractivity contribution in [2.45, 2.75) is 57.5 Å². The molecule has 1 aliphatic rings. The Morgan fingerprint density at radius 3 is 2.30 bits per heavy atom. The molecule has 0 heterocycles. The van der Waals surface area contributed by atoms with Crippen LogP contribution in [0.15, 0.2) is 30.3 Å². The standard InChI is InChI=1S/C18H30N2/c1-15(18(19)16-10-6-5-7-11-16)14-20(2)17-12-8-3-4-9-13-17/h5-7,10-11,15,17-18H,3-4,8-9,12-14,19H2,1-2H3. The van der Waals surface area contributed by atoms with Gasteiger partial charge in [0, 0.05) is 18.6 Å². The summed E-state index contributed by atoms with van der Waals surface area (Å²) in [6, 6.07) is 11.4. The van der Waals surface area contributed by atoms with Gasteiger partial charge in [0.1, 0.15) is 0 Å². The minimum Gasteiger partial charge on any atom is -0.324 e. The highest BCUT2D eigenvalue weighted by atomic mass is 15.1. The van der Waals surface area contributed by atoms with Crippen molar-refractivity contribution < 1.29 is 0 Å². The van der Waals surface area contributed by atoms with Crippen LogP contribution in [0, 0.1) is 5.92 Å². The SMILES string of the molecule is CC(CN(C)C1CCCCCC1)C(N)c1ccccc1. The predicted octanol–water partition coefficient (Wildman–Crippen LogP) is 3.98. The Labute approximate surface area is 124 Å². The van der Waals surface area contributed by atoms with Crippen molar-refractivity contribution in [1.29, 1.82) is 0 Å². The van der Waals surface area contributed by atoms with Crippen molar-refractivity contribution in [3.63, 3.8) is 0 Å². The van der Waals surface area contributed by atoms with Gasteiger partial charge in [-0.05, 0) is 31.4 Å². The van der Waals surface area contributed by atoms with E-state index in [4.69, 9.17) is 5.73 Å². The molecular formula is C18H30N2. The number of nitrogens with zero attached hydrogens (tertiary/aromatic N) is 1. The molecule has 2 nitrogen and oxygen atoms in total. The van der Waals surface area contributed by atoms with E-state index in [1.807, 2.05) is 0 Å². The lowest BCUT2D eigenvalue weighted by Crippen LogP contribution is -2.37. The summed E-state index contributed by atoms with van der Waals surface area (Å²) >= 11 is 0. The predicted molar refractivity (Wildman–Crippen MR) is 86.7 cm³/mol. The smallest absolute Gasteiger partial charge is 0.0333 e. The Hall–Kier alpha value is -0.860. The van der Waals surface area contributed by atoms with Crippen LogP contribution in [0.4, 0.5) is 0 Å². The number of benzene rings is 1. The molecule has 0 aromatic heterocycles. The summed E-state index contributed by atoms with van der Waals surface area (Å²) in [6.07, 6.45) is 8.36. The molecule has 2 rings (SSSR count). The molecule has 0 amide bonds. The molecule has 0 aliphatic heterocycles. The first kappa shape index (κ1) is 15.5. The van der Waals surface area contributed by atoms with Crippen LogP contribution < -0.4 is 5.73 Å². The van der Waals surface area contributed by atoms with E-state index in [9.17, 15) is 0 Å². The molecule has 1 saturated carbocycles. The third-order valence-electron chi connectivity index (χ3n) is 4.82. The van der Waals surface area contributed by atoms with E-state index in [0.29, 0.717) is 5.92 Å². The molecular weight excluding hydrogens is 244 g/mol. The number of hydrogen-bond donors (Lipinski definition) is 1. The van der Waals surface area contributed by atoms with Gasteiger partial charge in [-0.15, -0.1) is 0 Å². The van der Waals surface area contributed by atoms with Gasteiger partial charge in [0.2, 0.25) is 0 Å². The van der Waals surface area contributed by atoms with Crippen molar-refractivity contribution in [1.82, 2.24) is 4.90 Å². The molecule has 0 spiro atoms. The lowest BCUT2D eigenvalue weighted by molar-refractivity contribution is 0.183. The molecule has 2 N–H and O–H groups in total. The van der Waals surface area contributed by atoms with E-state index < -0.39 is 0 Å². The summed E-state index contributed by atoms with van der Waals surface area (Å²) in [6.45, 7) is 3.38. The summed E-state index contributed by atoms with van der Waals surface area (Å²) in [7, 11) is 2.28. The van der Waals surface area contributed by atoms with Gasteiger partial charge in [0.25, 0.3) is 0 Å². The molecule has 2 atom stereocenters. The zero-order chi connectivity index (χ0) is 14.4. The van der Waals surface area contributed by atoms with Crippen molar-refractivity contribution in [3.05, 3.63) is 35.9 Å². The quantitative estimate of drug-likeness (QED) is 0.823. The molecule has 0 bridgehead atoms. The zero-order valence-corrected chi connectivity index (χ0v) is 13.1. The monoisotopic (exact) mass is 274 g/mol. The van der Waals surface area contributed by atoms with Gasteiger partial charge in [-0.1, -0.05) is 62.9 Å². The van der Waals surface area contributed by atoms with Crippen LogP contribution in [0.1, 0.15) is 57.1 Å². The average molecular weight is 274 g/mol. The lowest BCUT2D eigenvalue weighted by Gasteiger charge is -2.31. The number of hydrogen-bond acceptors (Lipinski definition) is 2. The third kappa shape index (κ3) is 4.32. The zero-order valence-electron chi connectivity index (χ0n) is 13.1. The molecule has 2 heteroatoms. The molecule has 0 radical (unpaired) electrons. The maximum Gasteiger partial charge on any atom is 0.0333 e. The van der Waals surface area contributed by atoms with Crippen LogP contribution >= 0.6 is 0 Å². The minimum atomic E-state index is 0.143. The first-order chi connectivity index (χ1) is 9.68. The second-order valence-corrected chi connectivity index (χ2v) is 6.50. The highest BCUT2D eigenvalue weighted by Crippen LogP contribution is 2.24. The summed E-state index contributed by atoms with van der Waals surface area (Å²) in [5, 5.41) is 0. The van der Waals surface area contributed by atoms with E-state index >= 15 is 0 Å². The van der Waals surface area contributed by atoms with Crippen molar-refractivity contribution in [2.24, 2.45) is 11.7 Å². The van der Waals surface area contributed by atoms with Crippen molar-refractivity contribution >= 4 is 0 Å². The molecule has 2 unspecified atom stereocenters. The number of nitrogens with two attached hydrogens (primary N) is 1. The van der Waals surface area contributed by atoms with Crippen LogP contribution in [0.2, 0.25) is 0 Å². The lowest BCUT2D eigenvalue weighted by atomic mass is 9.94. The topological polar surface area (TPSA) is 29.3 Å². The summed E-state index contributed by atoms with van der Waals surface area (Å²) in [5.41, 5.74) is 7.68. The van der Waals surface area contributed by atoms with Crippen LogP contribution in [0.3, 0.4) is 0 Å². The van der Waals surface area contributed by atoms with Crippen LogP contribution in [0.5, 0.6) is 0 Å². The Morgan fingerprint density at radius 1 is 1.10 bits per heavy atom. The number of rotatable bonds is 5. The van der Waals surface area contributed by atoms with E-state index in [2.05, 4.69) is 49.2 Å². The minimum absolute atomic E-state index is 0.143. The second-order valence-electron chi connectivity index (χ2n) is 6.50.